The molecule has 1 fully saturated rings. The van der Waals surface area contributed by atoms with Crippen LogP contribution in [-0.4, -0.2) is 25.2 Å². The van der Waals surface area contributed by atoms with E-state index in [0.717, 1.165) is 4.90 Å². The molecule has 9 heteroatoms. The minimum atomic E-state index is -3.96. The maximum absolute atomic E-state index is 13.5. The average Bonchev–Trinajstić information content (AvgIpc) is 3.04. The second-order valence-corrected chi connectivity index (χ2v) is 8.69. The van der Waals surface area contributed by atoms with Crippen LogP contribution >= 0.6 is 0 Å². The van der Waals surface area contributed by atoms with Crippen LogP contribution in [0, 0.1) is 5.82 Å². The van der Waals surface area contributed by atoms with Crippen molar-refractivity contribution in [2.75, 3.05) is 4.90 Å². The largest absolute Gasteiger partial charge is 0.507 e. The second-order valence-electron chi connectivity index (χ2n) is 7.13. The Morgan fingerprint density at radius 3 is 2.06 bits per heavy atom. The first-order chi connectivity index (χ1) is 15.2. The number of sulfonamides is 1. The number of anilines is 1. The Morgan fingerprint density at radius 2 is 1.50 bits per heavy atom. The van der Waals surface area contributed by atoms with E-state index in [1.807, 2.05) is 0 Å². The molecule has 3 aromatic rings. The van der Waals surface area contributed by atoms with Crippen molar-refractivity contribution < 1.29 is 27.5 Å². The number of amides is 1. The van der Waals surface area contributed by atoms with Crippen molar-refractivity contribution >= 4 is 33.2 Å². The predicted molar refractivity (Wildman–Crippen MR) is 115 cm³/mol. The molecule has 4 rings (SSSR count). The lowest BCUT2D eigenvalue weighted by molar-refractivity contribution is -0.132. The van der Waals surface area contributed by atoms with E-state index in [4.69, 9.17) is 5.14 Å². The van der Waals surface area contributed by atoms with E-state index in [2.05, 4.69) is 0 Å². The highest BCUT2D eigenvalue weighted by Gasteiger charge is 2.47. The summed E-state index contributed by atoms with van der Waals surface area (Å²) in [6.45, 7) is 0. The first kappa shape index (κ1) is 21.4. The highest BCUT2D eigenvalue weighted by atomic mass is 32.2. The number of benzene rings is 3. The Morgan fingerprint density at radius 1 is 0.906 bits per heavy atom. The Kier molecular flexibility index (Phi) is 5.37. The Hall–Kier alpha value is -3.82. The fourth-order valence-electron chi connectivity index (χ4n) is 3.61. The quantitative estimate of drug-likeness (QED) is 0.358. The number of halogens is 1. The first-order valence-corrected chi connectivity index (χ1v) is 11.0. The molecule has 1 amide bonds. The van der Waals surface area contributed by atoms with E-state index >= 15 is 0 Å². The van der Waals surface area contributed by atoms with Gasteiger partial charge in [0.2, 0.25) is 10.0 Å². The topological polar surface area (TPSA) is 118 Å². The molecule has 0 radical (unpaired) electrons. The normalized spacial score (nSPS) is 18.2. The molecule has 1 aliphatic rings. The van der Waals surface area contributed by atoms with Gasteiger partial charge in [0, 0.05) is 11.3 Å². The zero-order valence-electron chi connectivity index (χ0n) is 16.5. The summed E-state index contributed by atoms with van der Waals surface area (Å²) in [5.74, 6) is -2.72. The maximum atomic E-state index is 13.5. The first-order valence-electron chi connectivity index (χ1n) is 9.43. The molecule has 0 aromatic heterocycles. The molecule has 0 spiro atoms. The number of aliphatic hydroxyl groups is 1. The molecular formula is C23H17FN2O5S. The minimum absolute atomic E-state index is 0.164. The van der Waals surface area contributed by atoms with Gasteiger partial charge in [0.1, 0.15) is 11.6 Å². The molecule has 3 aromatic carbocycles. The Bertz CT molecular complexity index is 1340. The van der Waals surface area contributed by atoms with Gasteiger partial charge in [0.15, 0.2) is 0 Å². The van der Waals surface area contributed by atoms with E-state index in [1.165, 1.54) is 48.5 Å². The summed E-state index contributed by atoms with van der Waals surface area (Å²) in [4.78, 5) is 26.9. The summed E-state index contributed by atoms with van der Waals surface area (Å²) in [5.41, 5.74) is 0.769. The smallest absolute Gasteiger partial charge is 0.300 e. The standard InChI is InChI=1S/C23H17FN2O5S/c24-16-8-6-14(7-9-16)20-19(21(27)15-4-2-1-3-5-15)22(28)23(29)26(20)17-10-12-18(13-11-17)32(25,30)31/h1-13,20,27H,(H2,25,30,31)/t20-/m1/s1. The summed E-state index contributed by atoms with van der Waals surface area (Å²) < 4.78 is 36.7. The molecule has 162 valence electrons. The van der Waals surface area contributed by atoms with Gasteiger partial charge >= 0.3 is 0 Å². The molecule has 1 heterocycles. The number of hydrogen-bond donors (Lipinski definition) is 2. The van der Waals surface area contributed by atoms with Crippen molar-refractivity contribution in [3.8, 4) is 0 Å². The second kappa shape index (κ2) is 8.03. The summed E-state index contributed by atoms with van der Waals surface area (Å²) in [7, 11) is -3.96. The number of carbonyl (C=O) groups excluding carboxylic acids is 2. The Labute approximate surface area is 183 Å². The third-order valence-electron chi connectivity index (χ3n) is 5.12. The molecule has 0 aliphatic carbocycles. The van der Waals surface area contributed by atoms with Crippen LogP contribution in [0.15, 0.2) is 89.3 Å². The fraction of sp³-hybridized carbons (Fsp3) is 0.0435. The fourth-order valence-corrected chi connectivity index (χ4v) is 4.12. The number of Topliss-reactive ketones (excluding diaryl/α,β-unsaturated/α-hetero) is 1. The van der Waals surface area contributed by atoms with E-state index in [-0.39, 0.29) is 21.9 Å². The molecule has 0 saturated carbocycles. The number of aliphatic hydroxyl groups excluding tert-OH is 1. The van der Waals surface area contributed by atoms with Crippen molar-refractivity contribution in [1.29, 1.82) is 0 Å². The SMILES string of the molecule is NS(=O)(=O)c1ccc(N2C(=O)C(=O)C(=C(O)c3ccccc3)[C@H]2c2ccc(F)cc2)cc1. The van der Waals surface area contributed by atoms with E-state index in [0.29, 0.717) is 11.1 Å². The van der Waals surface area contributed by atoms with Gasteiger partial charge in [-0.3, -0.25) is 14.5 Å². The Balaban J connectivity index is 1.92. The molecule has 0 unspecified atom stereocenters. The van der Waals surface area contributed by atoms with Gasteiger partial charge in [-0.15, -0.1) is 0 Å². The lowest BCUT2D eigenvalue weighted by Crippen LogP contribution is -2.29. The molecule has 1 atom stereocenters. The number of nitrogens with two attached hydrogens (primary N) is 1. The number of hydrogen-bond acceptors (Lipinski definition) is 5. The number of carbonyl (C=O) groups is 2. The van der Waals surface area contributed by atoms with Crippen molar-refractivity contribution in [3.05, 3.63) is 101 Å². The summed E-state index contributed by atoms with van der Waals surface area (Å²) >= 11 is 0. The van der Waals surface area contributed by atoms with Crippen molar-refractivity contribution in [2.24, 2.45) is 5.14 Å². The van der Waals surface area contributed by atoms with Gasteiger partial charge < -0.3 is 5.11 Å². The van der Waals surface area contributed by atoms with Crippen LogP contribution < -0.4 is 10.0 Å². The maximum Gasteiger partial charge on any atom is 0.300 e. The van der Waals surface area contributed by atoms with Gasteiger partial charge in [0.25, 0.3) is 11.7 Å². The average molecular weight is 452 g/mol. The van der Waals surface area contributed by atoms with Crippen molar-refractivity contribution in [2.45, 2.75) is 10.9 Å². The van der Waals surface area contributed by atoms with Crippen molar-refractivity contribution in [1.82, 2.24) is 0 Å². The molecule has 32 heavy (non-hydrogen) atoms. The van der Waals surface area contributed by atoms with E-state index in [9.17, 15) is 27.5 Å². The lowest BCUT2D eigenvalue weighted by atomic mass is 9.95. The zero-order valence-corrected chi connectivity index (χ0v) is 17.3. The molecule has 3 N–H and O–H groups in total. The van der Waals surface area contributed by atoms with Gasteiger partial charge in [-0.1, -0.05) is 42.5 Å². The van der Waals surface area contributed by atoms with Crippen LogP contribution in [0.5, 0.6) is 0 Å². The zero-order chi connectivity index (χ0) is 23.0. The number of nitrogens with zero attached hydrogens (tertiary/aromatic N) is 1. The van der Waals surface area contributed by atoms with Crippen molar-refractivity contribution in [3.63, 3.8) is 0 Å². The van der Waals surface area contributed by atoms with Crippen LogP contribution in [0.2, 0.25) is 0 Å². The van der Waals surface area contributed by atoms with Crippen LogP contribution in [0.4, 0.5) is 10.1 Å². The number of ketones is 1. The summed E-state index contributed by atoms with van der Waals surface area (Å²) in [6, 6.07) is 17.5. The highest BCUT2D eigenvalue weighted by molar-refractivity contribution is 7.89. The van der Waals surface area contributed by atoms with Crippen LogP contribution in [0.3, 0.4) is 0 Å². The summed E-state index contributed by atoms with van der Waals surface area (Å²) in [6.07, 6.45) is 0. The number of rotatable bonds is 4. The van der Waals surface area contributed by atoms with Gasteiger partial charge in [-0.25, -0.2) is 17.9 Å². The summed E-state index contributed by atoms with van der Waals surface area (Å²) in [5, 5.41) is 16.1. The van der Waals surface area contributed by atoms with Gasteiger partial charge in [-0.05, 0) is 42.0 Å². The minimum Gasteiger partial charge on any atom is -0.507 e. The predicted octanol–water partition coefficient (Wildman–Crippen LogP) is 3.10. The lowest BCUT2D eigenvalue weighted by Gasteiger charge is -2.25. The highest BCUT2D eigenvalue weighted by Crippen LogP contribution is 2.42. The molecular weight excluding hydrogens is 435 g/mol. The van der Waals surface area contributed by atoms with Gasteiger partial charge in [0.05, 0.1) is 16.5 Å². The molecule has 0 bridgehead atoms. The molecule has 1 saturated heterocycles. The monoisotopic (exact) mass is 452 g/mol. The van der Waals surface area contributed by atoms with Crippen LogP contribution in [0.1, 0.15) is 17.2 Å². The van der Waals surface area contributed by atoms with Gasteiger partial charge in [-0.2, -0.15) is 0 Å². The third-order valence-corrected chi connectivity index (χ3v) is 6.05. The van der Waals surface area contributed by atoms with E-state index in [1.54, 1.807) is 30.3 Å². The third kappa shape index (κ3) is 3.79. The van der Waals surface area contributed by atoms with Crippen LogP contribution in [-0.2, 0) is 19.6 Å². The number of primary sulfonamides is 1. The van der Waals surface area contributed by atoms with E-state index < -0.39 is 33.6 Å². The molecule has 7 nitrogen and oxygen atoms in total. The molecule has 1 aliphatic heterocycles. The van der Waals surface area contributed by atoms with Crippen LogP contribution in [0.25, 0.3) is 5.76 Å².